The third-order valence-corrected chi connectivity index (χ3v) is 2.03. The molecule has 0 N–H and O–H groups in total. The Morgan fingerprint density at radius 2 is 1.38 bits per heavy atom. The smallest absolute Gasteiger partial charge is 0.0181 e. The van der Waals surface area contributed by atoms with Gasteiger partial charge in [-0.2, -0.15) is 0 Å². The lowest BCUT2D eigenvalue weighted by atomic mass is 10.0. The third-order valence-electron chi connectivity index (χ3n) is 2.03. The molecule has 0 atom stereocenters. The largest absolute Gasteiger partial charge is 0.0622 e. The first-order valence-electron chi connectivity index (χ1n) is 4.34. The van der Waals surface area contributed by atoms with Gasteiger partial charge in [0, 0.05) is 0 Å². The van der Waals surface area contributed by atoms with Crippen molar-refractivity contribution in [2.45, 2.75) is 0 Å². The molecule has 0 saturated carbocycles. The maximum absolute atomic E-state index is 3.91. The van der Waals surface area contributed by atoms with Crippen molar-refractivity contribution in [3.05, 3.63) is 67.1 Å². The molecule has 0 aliphatic carbocycles. The van der Waals surface area contributed by atoms with Crippen molar-refractivity contribution in [2.24, 2.45) is 0 Å². The van der Waals surface area contributed by atoms with Gasteiger partial charge >= 0.3 is 0 Å². The van der Waals surface area contributed by atoms with E-state index >= 15 is 0 Å². The SMILES string of the molecule is [CH2]c1cccc(-c2ccccc2)c1. The van der Waals surface area contributed by atoms with Crippen molar-refractivity contribution in [3.63, 3.8) is 0 Å². The quantitative estimate of drug-likeness (QED) is 0.609. The number of hydrogen-bond acceptors (Lipinski definition) is 0. The van der Waals surface area contributed by atoms with Gasteiger partial charge in [-0.1, -0.05) is 54.6 Å². The second kappa shape index (κ2) is 3.44. The first-order valence-corrected chi connectivity index (χ1v) is 4.34. The fraction of sp³-hybridized carbons (Fsp3) is 0. The van der Waals surface area contributed by atoms with E-state index < -0.39 is 0 Å². The molecule has 0 spiro atoms. The zero-order chi connectivity index (χ0) is 9.10. The van der Waals surface area contributed by atoms with Gasteiger partial charge < -0.3 is 0 Å². The maximum atomic E-state index is 3.91. The van der Waals surface area contributed by atoms with Gasteiger partial charge in [-0.15, -0.1) is 0 Å². The predicted molar refractivity (Wildman–Crippen MR) is 56.3 cm³/mol. The van der Waals surface area contributed by atoms with E-state index in [0.29, 0.717) is 0 Å². The molecule has 0 unspecified atom stereocenters. The van der Waals surface area contributed by atoms with Crippen molar-refractivity contribution in [3.8, 4) is 11.1 Å². The third kappa shape index (κ3) is 1.78. The van der Waals surface area contributed by atoms with Crippen molar-refractivity contribution in [2.75, 3.05) is 0 Å². The maximum Gasteiger partial charge on any atom is -0.0181 e. The van der Waals surface area contributed by atoms with E-state index in [0.717, 1.165) is 5.56 Å². The fourth-order valence-electron chi connectivity index (χ4n) is 1.38. The van der Waals surface area contributed by atoms with Crippen molar-refractivity contribution in [1.29, 1.82) is 0 Å². The summed E-state index contributed by atoms with van der Waals surface area (Å²) in [6, 6.07) is 18.6. The van der Waals surface area contributed by atoms with Gasteiger partial charge in [-0.25, -0.2) is 0 Å². The predicted octanol–water partition coefficient (Wildman–Crippen LogP) is 3.54. The molecule has 0 aliphatic rings. The van der Waals surface area contributed by atoms with Crippen LogP contribution in [0.25, 0.3) is 11.1 Å². The van der Waals surface area contributed by atoms with E-state index in [1.165, 1.54) is 11.1 Å². The highest BCUT2D eigenvalue weighted by Crippen LogP contribution is 2.19. The normalized spacial score (nSPS) is 9.92. The number of hydrogen-bond donors (Lipinski definition) is 0. The van der Waals surface area contributed by atoms with Crippen LogP contribution in [-0.4, -0.2) is 0 Å². The average molecular weight is 167 g/mol. The Kier molecular flexibility index (Phi) is 2.13. The molecule has 0 fully saturated rings. The molecule has 63 valence electrons. The summed E-state index contributed by atoms with van der Waals surface area (Å²) in [5.74, 6) is 0. The zero-order valence-electron chi connectivity index (χ0n) is 7.40. The van der Waals surface area contributed by atoms with Crippen LogP contribution in [-0.2, 0) is 0 Å². The Morgan fingerprint density at radius 3 is 2.08 bits per heavy atom. The summed E-state index contributed by atoms with van der Waals surface area (Å²) in [5, 5.41) is 0. The van der Waals surface area contributed by atoms with Crippen molar-refractivity contribution in [1.82, 2.24) is 0 Å². The second-order valence-corrected chi connectivity index (χ2v) is 3.07. The molecule has 0 aliphatic heterocycles. The van der Waals surface area contributed by atoms with Gasteiger partial charge in [0.1, 0.15) is 0 Å². The van der Waals surface area contributed by atoms with Gasteiger partial charge in [0.15, 0.2) is 0 Å². The highest BCUT2D eigenvalue weighted by atomic mass is 14.0. The van der Waals surface area contributed by atoms with Crippen LogP contribution in [0, 0.1) is 6.92 Å². The summed E-state index contributed by atoms with van der Waals surface area (Å²) in [7, 11) is 0. The Bertz CT molecular complexity index is 388. The first-order chi connectivity index (χ1) is 6.36. The molecule has 0 nitrogen and oxygen atoms in total. The summed E-state index contributed by atoms with van der Waals surface area (Å²) in [5.41, 5.74) is 3.53. The van der Waals surface area contributed by atoms with E-state index in [-0.39, 0.29) is 0 Å². The van der Waals surface area contributed by atoms with Crippen LogP contribution in [0.2, 0.25) is 0 Å². The topological polar surface area (TPSA) is 0 Å². The molecule has 13 heavy (non-hydrogen) atoms. The molecule has 0 aromatic heterocycles. The van der Waals surface area contributed by atoms with E-state index in [4.69, 9.17) is 0 Å². The summed E-state index contributed by atoms with van der Waals surface area (Å²) in [6.45, 7) is 3.91. The van der Waals surface area contributed by atoms with Crippen LogP contribution in [0.5, 0.6) is 0 Å². The van der Waals surface area contributed by atoms with E-state index in [1.807, 2.05) is 30.3 Å². The summed E-state index contributed by atoms with van der Waals surface area (Å²) in [4.78, 5) is 0. The van der Waals surface area contributed by atoms with Crippen LogP contribution in [0.4, 0.5) is 0 Å². The van der Waals surface area contributed by atoms with Crippen LogP contribution in [0.1, 0.15) is 5.56 Å². The molecule has 0 amide bonds. The van der Waals surface area contributed by atoms with Gasteiger partial charge in [0.25, 0.3) is 0 Å². The molecule has 2 aromatic rings. The molecule has 0 saturated heterocycles. The minimum atomic E-state index is 1.06. The fourth-order valence-corrected chi connectivity index (χ4v) is 1.38. The Hall–Kier alpha value is -1.56. The van der Waals surface area contributed by atoms with Crippen LogP contribution < -0.4 is 0 Å². The highest BCUT2D eigenvalue weighted by molar-refractivity contribution is 5.64. The Morgan fingerprint density at radius 1 is 0.692 bits per heavy atom. The molecule has 0 bridgehead atoms. The van der Waals surface area contributed by atoms with E-state index in [1.54, 1.807) is 0 Å². The highest BCUT2D eigenvalue weighted by Gasteiger charge is 1.94. The van der Waals surface area contributed by atoms with Gasteiger partial charge in [0.05, 0.1) is 0 Å². The Balaban J connectivity index is 2.48. The molecule has 1 radical (unpaired) electrons. The number of rotatable bonds is 1. The van der Waals surface area contributed by atoms with Crippen LogP contribution in [0.15, 0.2) is 54.6 Å². The van der Waals surface area contributed by atoms with Gasteiger partial charge in [0.2, 0.25) is 0 Å². The zero-order valence-corrected chi connectivity index (χ0v) is 7.40. The van der Waals surface area contributed by atoms with Crippen molar-refractivity contribution >= 4 is 0 Å². The summed E-state index contributed by atoms with van der Waals surface area (Å²) < 4.78 is 0. The minimum absolute atomic E-state index is 1.06. The molecule has 0 heteroatoms. The van der Waals surface area contributed by atoms with E-state index in [9.17, 15) is 0 Å². The van der Waals surface area contributed by atoms with E-state index in [2.05, 4.69) is 31.2 Å². The molecule has 0 heterocycles. The standard InChI is InChI=1S/C13H11/c1-11-6-5-9-13(10-11)12-7-3-2-4-8-12/h2-10H,1H2. The first kappa shape index (κ1) is 8.06. The van der Waals surface area contributed by atoms with Crippen LogP contribution in [0.3, 0.4) is 0 Å². The molecule has 2 aromatic carbocycles. The lowest BCUT2D eigenvalue weighted by Gasteiger charge is -2.01. The van der Waals surface area contributed by atoms with Gasteiger partial charge in [-0.05, 0) is 23.6 Å². The molecular weight excluding hydrogens is 156 g/mol. The molecule has 2 rings (SSSR count). The van der Waals surface area contributed by atoms with Crippen LogP contribution >= 0.6 is 0 Å². The van der Waals surface area contributed by atoms with Gasteiger partial charge in [-0.3, -0.25) is 0 Å². The summed E-state index contributed by atoms with van der Waals surface area (Å²) >= 11 is 0. The number of benzene rings is 2. The van der Waals surface area contributed by atoms with Crippen molar-refractivity contribution < 1.29 is 0 Å². The minimum Gasteiger partial charge on any atom is -0.0622 e. The lowest BCUT2D eigenvalue weighted by molar-refractivity contribution is 1.57. The molecular formula is C13H11. The average Bonchev–Trinajstić information content (AvgIpc) is 2.19. The second-order valence-electron chi connectivity index (χ2n) is 3.07. The monoisotopic (exact) mass is 167 g/mol. The lowest BCUT2D eigenvalue weighted by Crippen LogP contribution is -1.77. The Labute approximate surface area is 78.9 Å². The summed E-state index contributed by atoms with van der Waals surface area (Å²) in [6.07, 6.45) is 0.